The highest BCUT2D eigenvalue weighted by Gasteiger charge is 2.36. The molecule has 2 aliphatic rings. The van der Waals surface area contributed by atoms with Gasteiger partial charge in [0.2, 0.25) is 5.91 Å². The molecule has 0 unspecified atom stereocenters. The van der Waals surface area contributed by atoms with Crippen molar-refractivity contribution in [3.63, 3.8) is 0 Å². The van der Waals surface area contributed by atoms with Gasteiger partial charge in [-0.3, -0.25) is 4.79 Å². The minimum absolute atomic E-state index is 0.282. The zero-order valence-corrected chi connectivity index (χ0v) is 13.1. The average molecular weight is 338 g/mol. The SMILES string of the molecule is O=C(C1CC1)N(Cc1cccc(Br)c1)C1CCOCC1. The third-order valence-corrected chi connectivity index (χ3v) is 4.58. The van der Waals surface area contributed by atoms with Crippen LogP contribution in [-0.2, 0) is 16.1 Å². The van der Waals surface area contributed by atoms with Gasteiger partial charge in [-0.25, -0.2) is 0 Å². The second-order valence-electron chi connectivity index (χ2n) is 5.71. The number of carbonyl (C=O) groups is 1. The van der Waals surface area contributed by atoms with Gasteiger partial charge in [-0.05, 0) is 43.4 Å². The molecule has 3 nitrogen and oxygen atoms in total. The summed E-state index contributed by atoms with van der Waals surface area (Å²) in [6.07, 6.45) is 4.06. The van der Waals surface area contributed by atoms with E-state index in [0.717, 1.165) is 49.9 Å². The Hall–Kier alpha value is -0.870. The molecule has 0 atom stereocenters. The van der Waals surface area contributed by atoms with Crippen molar-refractivity contribution >= 4 is 21.8 Å². The molecule has 1 amide bonds. The number of nitrogens with zero attached hydrogens (tertiary/aromatic N) is 1. The Morgan fingerprint density at radius 2 is 2.00 bits per heavy atom. The van der Waals surface area contributed by atoms with Crippen LogP contribution in [0.25, 0.3) is 0 Å². The maximum Gasteiger partial charge on any atom is 0.226 e. The fourth-order valence-corrected chi connectivity index (χ4v) is 3.23. The van der Waals surface area contributed by atoms with Gasteiger partial charge in [-0.1, -0.05) is 28.1 Å². The molecule has 0 spiro atoms. The van der Waals surface area contributed by atoms with Crippen molar-refractivity contribution in [1.29, 1.82) is 0 Å². The fraction of sp³-hybridized carbons (Fsp3) is 0.562. The van der Waals surface area contributed by atoms with Crippen LogP contribution in [0, 0.1) is 5.92 Å². The van der Waals surface area contributed by atoms with E-state index in [0.29, 0.717) is 11.9 Å². The van der Waals surface area contributed by atoms with E-state index in [1.54, 1.807) is 0 Å². The van der Waals surface area contributed by atoms with E-state index in [1.807, 2.05) is 12.1 Å². The standard InChI is InChI=1S/C16H20BrNO2/c17-14-3-1-2-12(10-14)11-18(16(19)13-4-5-13)15-6-8-20-9-7-15/h1-3,10,13,15H,4-9,11H2. The average Bonchev–Trinajstić information content (AvgIpc) is 3.30. The van der Waals surface area contributed by atoms with Gasteiger partial charge in [-0.15, -0.1) is 0 Å². The van der Waals surface area contributed by atoms with Gasteiger partial charge in [0.15, 0.2) is 0 Å². The predicted molar refractivity (Wildman–Crippen MR) is 81.3 cm³/mol. The molecule has 1 heterocycles. The van der Waals surface area contributed by atoms with E-state index in [-0.39, 0.29) is 5.92 Å². The smallest absolute Gasteiger partial charge is 0.226 e. The van der Waals surface area contributed by atoms with E-state index < -0.39 is 0 Å². The third kappa shape index (κ3) is 3.41. The maximum absolute atomic E-state index is 12.6. The summed E-state index contributed by atoms with van der Waals surface area (Å²) in [5.74, 6) is 0.627. The molecule has 1 aromatic rings. The zero-order chi connectivity index (χ0) is 13.9. The van der Waals surface area contributed by atoms with Gasteiger partial charge < -0.3 is 9.64 Å². The largest absolute Gasteiger partial charge is 0.381 e. The summed E-state index contributed by atoms with van der Waals surface area (Å²) in [6.45, 7) is 2.27. The number of rotatable bonds is 4. The van der Waals surface area contributed by atoms with Crippen molar-refractivity contribution in [3.8, 4) is 0 Å². The predicted octanol–water partition coefficient (Wildman–Crippen LogP) is 3.37. The second-order valence-corrected chi connectivity index (χ2v) is 6.63. The quantitative estimate of drug-likeness (QED) is 0.842. The molecule has 2 fully saturated rings. The Labute approximate surface area is 128 Å². The van der Waals surface area contributed by atoms with Crippen LogP contribution in [0.15, 0.2) is 28.7 Å². The molecule has 1 saturated heterocycles. The zero-order valence-electron chi connectivity index (χ0n) is 11.6. The van der Waals surface area contributed by atoms with Crippen molar-refractivity contribution in [2.75, 3.05) is 13.2 Å². The fourth-order valence-electron chi connectivity index (χ4n) is 2.78. The Morgan fingerprint density at radius 1 is 1.25 bits per heavy atom. The van der Waals surface area contributed by atoms with E-state index in [4.69, 9.17) is 4.74 Å². The number of amides is 1. The molecule has 0 radical (unpaired) electrons. The highest BCUT2D eigenvalue weighted by Crippen LogP contribution is 2.33. The number of benzene rings is 1. The lowest BCUT2D eigenvalue weighted by molar-refractivity contribution is -0.137. The number of hydrogen-bond acceptors (Lipinski definition) is 2. The number of carbonyl (C=O) groups excluding carboxylic acids is 1. The Balaban J connectivity index is 1.75. The van der Waals surface area contributed by atoms with Crippen molar-refractivity contribution in [1.82, 2.24) is 4.90 Å². The second kappa shape index (κ2) is 6.27. The van der Waals surface area contributed by atoms with Gasteiger partial charge in [0.05, 0.1) is 0 Å². The molecule has 108 valence electrons. The molecule has 1 aliphatic heterocycles. The lowest BCUT2D eigenvalue weighted by Gasteiger charge is -2.34. The molecule has 4 heteroatoms. The first-order valence-corrected chi connectivity index (χ1v) is 8.16. The maximum atomic E-state index is 12.6. The van der Waals surface area contributed by atoms with Gasteiger partial charge in [0, 0.05) is 36.2 Å². The first kappa shape index (κ1) is 14.1. The lowest BCUT2D eigenvalue weighted by Crippen LogP contribution is -2.43. The Morgan fingerprint density at radius 3 is 2.65 bits per heavy atom. The van der Waals surface area contributed by atoms with Crippen LogP contribution in [0.2, 0.25) is 0 Å². The van der Waals surface area contributed by atoms with Crippen LogP contribution < -0.4 is 0 Å². The first-order chi connectivity index (χ1) is 9.74. The molecular formula is C16H20BrNO2. The molecule has 0 bridgehead atoms. The van der Waals surface area contributed by atoms with Crippen molar-refractivity contribution < 1.29 is 9.53 Å². The highest BCUT2D eigenvalue weighted by atomic mass is 79.9. The van der Waals surface area contributed by atoms with Crippen LogP contribution >= 0.6 is 15.9 Å². The Kier molecular flexibility index (Phi) is 4.41. The molecule has 0 N–H and O–H groups in total. The minimum atomic E-state index is 0.282. The minimum Gasteiger partial charge on any atom is -0.381 e. The van der Waals surface area contributed by atoms with E-state index >= 15 is 0 Å². The molecule has 1 aromatic carbocycles. The Bertz CT molecular complexity index is 481. The molecule has 20 heavy (non-hydrogen) atoms. The lowest BCUT2D eigenvalue weighted by atomic mass is 10.0. The molecule has 1 saturated carbocycles. The monoisotopic (exact) mass is 337 g/mol. The van der Waals surface area contributed by atoms with Crippen molar-refractivity contribution in [2.24, 2.45) is 5.92 Å². The molecule has 0 aromatic heterocycles. The van der Waals surface area contributed by atoms with Gasteiger partial charge in [-0.2, -0.15) is 0 Å². The van der Waals surface area contributed by atoms with Crippen molar-refractivity contribution in [2.45, 2.75) is 38.3 Å². The van der Waals surface area contributed by atoms with Crippen LogP contribution in [0.5, 0.6) is 0 Å². The molecular weight excluding hydrogens is 318 g/mol. The number of halogens is 1. The normalized spacial score (nSPS) is 19.9. The number of hydrogen-bond donors (Lipinski definition) is 0. The highest BCUT2D eigenvalue weighted by molar-refractivity contribution is 9.10. The molecule has 3 rings (SSSR count). The first-order valence-electron chi connectivity index (χ1n) is 7.37. The van der Waals surface area contributed by atoms with Gasteiger partial charge in [0.25, 0.3) is 0 Å². The summed E-state index contributed by atoms with van der Waals surface area (Å²) in [6, 6.07) is 8.59. The van der Waals surface area contributed by atoms with Gasteiger partial charge >= 0.3 is 0 Å². The van der Waals surface area contributed by atoms with E-state index in [1.165, 1.54) is 5.56 Å². The van der Waals surface area contributed by atoms with Crippen LogP contribution in [-0.4, -0.2) is 30.1 Å². The van der Waals surface area contributed by atoms with Crippen LogP contribution in [0.3, 0.4) is 0 Å². The summed E-state index contributed by atoms with van der Waals surface area (Å²) in [5, 5.41) is 0. The number of ether oxygens (including phenoxy) is 1. The summed E-state index contributed by atoms with van der Waals surface area (Å²) in [7, 11) is 0. The van der Waals surface area contributed by atoms with E-state index in [2.05, 4.69) is 33.0 Å². The van der Waals surface area contributed by atoms with Crippen LogP contribution in [0.4, 0.5) is 0 Å². The van der Waals surface area contributed by atoms with Crippen molar-refractivity contribution in [3.05, 3.63) is 34.3 Å². The van der Waals surface area contributed by atoms with Crippen LogP contribution in [0.1, 0.15) is 31.2 Å². The third-order valence-electron chi connectivity index (χ3n) is 4.08. The topological polar surface area (TPSA) is 29.5 Å². The molecule has 1 aliphatic carbocycles. The summed E-state index contributed by atoms with van der Waals surface area (Å²) in [5.41, 5.74) is 1.19. The summed E-state index contributed by atoms with van der Waals surface area (Å²) in [4.78, 5) is 14.7. The summed E-state index contributed by atoms with van der Waals surface area (Å²) < 4.78 is 6.50. The summed E-state index contributed by atoms with van der Waals surface area (Å²) >= 11 is 3.50. The van der Waals surface area contributed by atoms with Gasteiger partial charge in [0.1, 0.15) is 0 Å². The van der Waals surface area contributed by atoms with E-state index in [9.17, 15) is 4.79 Å².